The second-order valence-corrected chi connectivity index (χ2v) is 6.96. The molecule has 0 radical (unpaired) electrons. The van der Waals surface area contributed by atoms with Crippen molar-refractivity contribution in [2.75, 3.05) is 6.26 Å². The number of rotatable bonds is 3. The molecule has 0 unspecified atom stereocenters. The minimum absolute atomic E-state index is 0.00879. The van der Waals surface area contributed by atoms with Crippen molar-refractivity contribution in [2.45, 2.75) is 37.6 Å². The molecule has 0 atom stereocenters. The van der Waals surface area contributed by atoms with E-state index in [9.17, 15) is 18.6 Å². The van der Waals surface area contributed by atoms with Crippen molar-refractivity contribution in [1.29, 1.82) is 0 Å². The molecule has 2 rings (SSSR count). The molecule has 106 valence electrons. The number of phenolic OH excluding ortho intramolecular Hbond substituents is 2. The molecule has 6 heteroatoms. The van der Waals surface area contributed by atoms with Crippen LogP contribution in [-0.4, -0.2) is 30.9 Å². The fourth-order valence-electron chi connectivity index (χ4n) is 2.70. The minimum atomic E-state index is -3.15. The van der Waals surface area contributed by atoms with E-state index in [2.05, 4.69) is 4.72 Å². The van der Waals surface area contributed by atoms with Crippen LogP contribution in [0, 0.1) is 0 Å². The summed E-state index contributed by atoms with van der Waals surface area (Å²) in [4.78, 5) is 0. The monoisotopic (exact) mass is 285 g/mol. The number of nitrogens with one attached hydrogen (secondary N) is 1. The Morgan fingerprint density at radius 2 is 1.79 bits per heavy atom. The van der Waals surface area contributed by atoms with Crippen molar-refractivity contribution >= 4 is 10.0 Å². The number of hydrogen-bond acceptors (Lipinski definition) is 4. The summed E-state index contributed by atoms with van der Waals surface area (Å²) < 4.78 is 25.0. The number of sulfonamides is 1. The van der Waals surface area contributed by atoms with E-state index in [4.69, 9.17) is 0 Å². The molecular weight excluding hydrogens is 266 g/mol. The predicted molar refractivity (Wildman–Crippen MR) is 72.7 cm³/mol. The summed E-state index contributed by atoms with van der Waals surface area (Å²) in [7, 11) is -3.15. The van der Waals surface area contributed by atoms with Gasteiger partial charge in [-0.15, -0.1) is 0 Å². The van der Waals surface area contributed by atoms with E-state index in [1.165, 1.54) is 12.3 Å². The van der Waals surface area contributed by atoms with Crippen molar-refractivity contribution in [3.05, 3.63) is 23.8 Å². The largest absolute Gasteiger partial charge is 0.508 e. The maximum Gasteiger partial charge on any atom is 0.208 e. The van der Waals surface area contributed by atoms with Crippen LogP contribution in [0.15, 0.2) is 18.2 Å². The molecule has 0 bridgehead atoms. The average molecular weight is 285 g/mol. The van der Waals surface area contributed by atoms with Crippen molar-refractivity contribution in [2.24, 2.45) is 0 Å². The lowest BCUT2D eigenvalue weighted by Gasteiger charge is -2.29. The highest BCUT2D eigenvalue weighted by molar-refractivity contribution is 7.88. The SMILES string of the molecule is CS(=O)(=O)NC1CCC(c2ccc(O)cc2O)CC1. The van der Waals surface area contributed by atoms with Gasteiger partial charge in [-0.25, -0.2) is 13.1 Å². The van der Waals surface area contributed by atoms with Crippen molar-refractivity contribution in [3.63, 3.8) is 0 Å². The summed E-state index contributed by atoms with van der Waals surface area (Å²) in [6.45, 7) is 0. The second kappa shape index (κ2) is 5.38. The van der Waals surface area contributed by atoms with Crippen LogP contribution in [0.1, 0.15) is 37.2 Å². The molecule has 1 aliphatic carbocycles. The lowest BCUT2D eigenvalue weighted by atomic mass is 9.81. The first kappa shape index (κ1) is 14.1. The third kappa shape index (κ3) is 3.84. The van der Waals surface area contributed by atoms with E-state index in [1.807, 2.05) is 0 Å². The molecule has 1 aliphatic rings. The molecule has 19 heavy (non-hydrogen) atoms. The van der Waals surface area contributed by atoms with E-state index < -0.39 is 10.0 Å². The molecule has 1 aromatic rings. The van der Waals surface area contributed by atoms with E-state index in [-0.39, 0.29) is 23.5 Å². The van der Waals surface area contributed by atoms with Gasteiger partial charge in [-0.1, -0.05) is 6.07 Å². The Kier molecular flexibility index (Phi) is 4.01. The average Bonchev–Trinajstić information content (AvgIpc) is 2.28. The van der Waals surface area contributed by atoms with Crippen LogP contribution in [-0.2, 0) is 10.0 Å². The molecule has 3 N–H and O–H groups in total. The van der Waals surface area contributed by atoms with Gasteiger partial charge in [-0.05, 0) is 43.2 Å². The fourth-order valence-corrected chi connectivity index (χ4v) is 3.54. The Bertz CT molecular complexity index is 548. The highest BCUT2D eigenvalue weighted by Gasteiger charge is 2.25. The number of benzene rings is 1. The van der Waals surface area contributed by atoms with Gasteiger partial charge < -0.3 is 10.2 Å². The molecule has 0 spiro atoms. The van der Waals surface area contributed by atoms with Gasteiger partial charge >= 0.3 is 0 Å². The lowest BCUT2D eigenvalue weighted by molar-refractivity contribution is 0.363. The van der Waals surface area contributed by atoms with Gasteiger partial charge in [0, 0.05) is 12.1 Å². The molecule has 0 aromatic heterocycles. The molecule has 1 saturated carbocycles. The fraction of sp³-hybridized carbons (Fsp3) is 0.538. The molecule has 0 amide bonds. The Morgan fingerprint density at radius 3 is 2.32 bits per heavy atom. The number of phenols is 2. The summed E-state index contributed by atoms with van der Waals surface area (Å²) >= 11 is 0. The van der Waals surface area contributed by atoms with Crippen molar-refractivity contribution < 1.29 is 18.6 Å². The molecule has 0 saturated heterocycles. The first-order chi connectivity index (χ1) is 8.85. The van der Waals surface area contributed by atoms with Crippen molar-refractivity contribution in [3.8, 4) is 11.5 Å². The van der Waals surface area contributed by atoms with Gasteiger partial charge in [0.15, 0.2) is 0 Å². The Labute approximate surface area is 113 Å². The summed E-state index contributed by atoms with van der Waals surface area (Å²) in [6.07, 6.45) is 4.35. The van der Waals surface area contributed by atoms with Crippen LogP contribution in [0.3, 0.4) is 0 Å². The van der Waals surface area contributed by atoms with Gasteiger partial charge in [0.25, 0.3) is 0 Å². The zero-order chi connectivity index (χ0) is 14.0. The number of hydrogen-bond donors (Lipinski definition) is 3. The maximum absolute atomic E-state index is 11.2. The summed E-state index contributed by atoms with van der Waals surface area (Å²) in [5.74, 6) is 0.381. The van der Waals surface area contributed by atoms with Crippen LogP contribution < -0.4 is 4.72 Å². The van der Waals surface area contributed by atoms with Gasteiger partial charge in [-0.2, -0.15) is 0 Å². The van der Waals surface area contributed by atoms with Gasteiger partial charge in [0.1, 0.15) is 11.5 Å². The quantitative estimate of drug-likeness (QED) is 0.788. The van der Waals surface area contributed by atoms with E-state index in [1.54, 1.807) is 12.1 Å². The maximum atomic E-state index is 11.2. The van der Waals surface area contributed by atoms with Gasteiger partial charge in [0.05, 0.1) is 6.26 Å². The van der Waals surface area contributed by atoms with Crippen LogP contribution in [0.2, 0.25) is 0 Å². The van der Waals surface area contributed by atoms with Gasteiger partial charge in [-0.3, -0.25) is 0 Å². The number of aromatic hydroxyl groups is 2. The Morgan fingerprint density at radius 1 is 1.16 bits per heavy atom. The standard InChI is InChI=1S/C13H19NO4S/c1-19(17,18)14-10-4-2-9(3-5-10)12-7-6-11(15)8-13(12)16/h6-10,14-16H,2-5H2,1H3. The second-order valence-electron chi connectivity index (χ2n) is 5.18. The van der Waals surface area contributed by atoms with Crippen LogP contribution in [0.25, 0.3) is 0 Å². The van der Waals surface area contributed by atoms with E-state index >= 15 is 0 Å². The third-order valence-electron chi connectivity index (χ3n) is 3.56. The van der Waals surface area contributed by atoms with Crippen LogP contribution in [0.4, 0.5) is 0 Å². The predicted octanol–water partition coefficient (Wildman–Crippen LogP) is 1.67. The van der Waals surface area contributed by atoms with Crippen LogP contribution in [0.5, 0.6) is 11.5 Å². The highest BCUT2D eigenvalue weighted by Crippen LogP contribution is 2.38. The summed E-state index contributed by atoms with van der Waals surface area (Å²) in [5, 5.41) is 19.1. The smallest absolute Gasteiger partial charge is 0.208 e. The Hall–Kier alpha value is -1.27. The minimum Gasteiger partial charge on any atom is -0.508 e. The first-order valence-corrected chi connectivity index (χ1v) is 8.23. The van der Waals surface area contributed by atoms with E-state index in [0.29, 0.717) is 0 Å². The molecule has 0 heterocycles. The highest BCUT2D eigenvalue weighted by atomic mass is 32.2. The topological polar surface area (TPSA) is 86.6 Å². The molecule has 5 nitrogen and oxygen atoms in total. The normalized spacial score (nSPS) is 24.3. The molecule has 0 aliphatic heterocycles. The third-order valence-corrected chi connectivity index (χ3v) is 4.32. The lowest BCUT2D eigenvalue weighted by Crippen LogP contribution is -2.36. The molecule has 1 fully saturated rings. The van der Waals surface area contributed by atoms with E-state index in [0.717, 1.165) is 31.2 Å². The molecular formula is C13H19NO4S. The zero-order valence-corrected chi connectivity index (χ0v) is 11.7. The summed E-state index contributed by atoms with van der Waals surface area (Å²) in [5.41, 5.74) is 0.829. The molecule has 1 aromatic carbocycles. The van der Waals surface area contributed by atoms with Crippen molar-refractivity contribution in [1.82, 2.24) is 4.72 Å². The van der Waals surface area contributed by atoms with Gasteiger partial charge in [0.2, 0.25) is 10.0 Å². The summed E-state index contributed by atoms with van der Waals surface area (Å²) in [6, 6.07) is 4.64. The Balaban J connectivity index is 2.00. The van der Waals surface area contributed by atoms with Crippen LogP contribution >= 0.6 is 0 Å². The first-order valence-electron chi connectivity index (χ1n) is 6.34. The zero-order valence-electron chi connectivity index (χ0n) is 10.8.